The molecule has 140 valence electrons. The van der Waals surface area contributed by atoms with E-state index < -0.39 is 0 Å². The van der Waals surface area contributed by atoms with Crippen LogP contribution in [0.3, 0.4) is 0 Å². The molecule has 1 atom stereocenters. The molecule has 5 heteroatoms. The SMILES string of the molecule is Cc1nn(-c2ccccn2)c2c1C(NCc1ccc(F)cc1)CC(C)(C)C2. The summed E-state index contributed by atoms with van der Waals surface area (Å²) in [5, 5.41) is 8.49. The average Bonchev–Trinajstić information content (AvgIpc) is 2.97. The highest BCUT2D eigenvalue weighted by Gasteiger charge is 2.36. The summed E-state index contributed by atoms with van der Waals surface area (Å²) in [5.74, 6) is 0.657. The summed E-state index contributed by atoms with van der Waals surface area (Å²) in [5.41, 5.74) is 4.80. The molecule has 1 aromatic carbocycles. The summed E-state index contributed by atoms with van der Waals surface area (Å²) in [6, 6.07) is 12.8. The lowest BCUT2D eigenvalue weighted by molar-refractivity contribution is 0.252. The van der Waals surface area contributed by atoms with E-state index in [0.717, 1.165) is 29.9 Å². The van der Waals surface area contributed by atoms with Crippen molar-refractivity contribution < 1.29 is 4.39 Å². The van der Waals surface area contributed by atoms with Crippen LogP contribution in [0.25, 0.3) is 5.82 Å². The van der Waals surface area contributed by atoms with Gasteiger partial charge in [0.2, 0.25) is 0 Å². The first-order chi connectivity index (χ1) is 12.9. The van der Waals surface area contributed by atoms with Crippen molar-refractivity contribution in [2.45, 2.75) is 46.2 Å². The van der Waals surface area contributed by atoms with Crippen LogP contribution in [-0.4, -0.2) is 14.8 Å². The second-order valence-electron chi connectivity index (χ2n) is 8.15. The number of aromatic nitrogens is 3. The highest BCUT2D eigenvalue weighted by Crippen LogP contribution is 2.42. The quantitative estimate of drug-likeness (QED) is 0.740. The molecule has 1 aliphatic rings. The zero-order valence-electron chi connectivity index (χ0n) is 16.0. The number of hydrogen-bond acceptors (Lipinski definition) is 3. The van der Waals surface area contributed by atoms with Gasteiger partial charge in [0.1, 0.15) is 5.82 Å². The van der Waals surface area contributed by atoms with E-state index in [1.165, 1.54) is 23.4 Å². The molecule has 0 saturated heterocycles. The maximum atomic E-state index is 13.2. The van der Waals surface area contributed by atoms with Crippen molar-refractivity contribution in [3.8, 4) is 5.82 Å². The maximum absolute atomic E-state index is 13.2. The molecule has 0 spiro atoms. The lowest BCUT2D eigenvalue weighted by atomic mass is 9.73. The Bertz CT molecular complexity index is 929. The summed E-state index contributed by atoms with van der Waals surface area (Å²) < 4.78 is 15.2. The molecule has 0 radical (unpaired) electrons. The molecule has 2 aromatic heterocycles. The van der Waals surface area contributed by atoms with E-state index in [0.29, 0.717) is 6.54 Å². The Morgan fingerprint density at radius 1 is 1.19 bits per heavy atom. The van der Waals surface area contributed by atoms with E-state index in [-0.39, 0.29) is 17.3 Å². The van der Waals surface area contributed by atoms with Gasteiger partial charge in [0, 0.05) is 24.3 Å². The van der Waals surface area contributed by atoms with E-state index in [1.54, 1.807) is 6.20 Å². The van der Waals surface area contributed by atoms with Crippen LogP contribution in [0.15, 0.2) is 48.7 Å². The van der Waals surface area contributed by atoms with Crippen LogP contribution in [-0.2, 0) is 13.0 Å². The Kier molecular flexibility index (Phi) is 4.56. The van der Waals surface area contributed by atoms with Crippen LogP contribution in [0.2, 0.25) is 0 Å². The van der Waals surface area contributed by atoms with Gasteiger partial charge in [-0.15, -0.1) is 0 Å². The maximum Gasteiger partial charge on any atom is 0.153 e. The van der Waals surface area contributed by atoms with Gasteiger partial charge in [0.15, 0.2) is 5.82 Å². The topological polar surface area (TPSA) is 42.7 Å². The third kappa shape index (κ3) is 3.65. The molecule has 2 heterocycles. The molecular weight excluding hydrogens is 339 g/mol. The number of fused-ring (bicyclic) bond motifs is 1. The van der Waals surface area contributed by atoms with Crippen molar-refractivity contribution in [3.05, 3.63) is 77.0 Å². The first kappa shape index (κ1) is 17.9. The highest BCUT2D eigenvalue weighted by atomic mass is 19.1. The molecule has 3 aromatic rings. The van der Waals surface area contributed by atoms with Crippen molar-refractivity contribution in [3.63, 3.8) is 0 Å². The number of benzene rings is 1. The predicted octanol–water partition coefficient (Wildman–Crippen LogP) is 4.52. The zero-order chi connectivity index (χ0) is 19.0. The van der Waals surface area contributed by atoms with Gasteiger partial charge in [-0.25, -0.2) is 14.1 Å². The van der Waals surface area contributed by atoms with Gasteiger partial charge in [-0.1, -0.05) is 32.0 Å². The second kappa shape index (κ2) is 6.89. The van der Waals surface area contributed by atoms with E-state index in [2.05, 4.69) is 31.1 Å². The fourth-order valence-electron chi connectivity index (χ4n) is 4.08. The molecule has 4 nitrogen and oxygen atoms in total. The number of aryl methyl sites for hydroxylation is 1. The number of pyridine rings is 1. The first-order valence-corrected chi connectivity index (χ1v) is 9.41. The lowest BCUT2D eigenvalue weighted by Gasteiger charge is -2.36. The summed E-state index contributed by atoms with van der Waals surface area (Å²) in [4.78, 5) is 4.49. The zero-order valence-corrected chi connectivity index (χ0v) is 16.0. The summed E-state index contributed by atoms with van der Waals surface area (Å²) in [7, 11) is 0. The van der Waals surface area contributed by atoms with Gasteiger partial charge >= 0.3 is 0 Å². The van der Waals surface area contributed by atoms with Crippen LogP contribution in [0.4, 0.5) is 4.39 Å². The molecule has 0 aliphatic heterocycles. The van der Waals surface area contributed by atoms with Crippen LogP contribution in [0.5, 0.6) is 0 Å². The van der Waals surface area contributed by atoms with E-state index in [9.17, 15) is 4.39 Å². The predicted molar refractivity (Wildman–Crippen MR) is 104 cm³/mol. The van der Waals surface area contributed by atoms with Gasteiger partial charge < -0.3 is 5.32 Å². The Balaban J connectivity index is 1.67. The smallest absolute Gasteiger partial charge is 0.153 e. The number of halogens is 1. The van der Waals surface area contributed by atoms with Crippen molar-refractivity contribution in [1.29, 1.82) is 0 Å². The monoisotopic (exact) mass is 364 g/mol. The van der Waals surface area contributed by atoms with Gasteiger partial charge in [0.05, 0.1) is 11.4 Å². The van der Waals surface area contributed by atoms with Gasteiger partial charge in [0.25, 0.3) is 0 Å². The fraction of sp³-hybridized carbons (Fsp3) is 0.364. The van der Waals surface area contributed by atoms with Crippen LogP contribution < -0.4 is 5.32 Å². The molecule has 4 rings (SSSR count). The number of nitrogens with one attached hydrogen (secondary N) is 1. The second-order valence-corrected chi connectivity index (χ2v) is 8.15. The average molecular weight is 364 g/mol. The molecule has 0 amide bonds. The van der Waals surface area contributed by atoms with Gasteiger partial charge in [-0.2, -0.15) is 5.10 Å². The lowest BCUT2D eigenvalue weighted by Crippen LogP contribution is -2.34. The molecular formula is C22H25FN4. The Hall–Kier alpha value is -2.53. The van der Waals surface area contributed by atoms with Gasteiger partial charge in [-0.3, -0.25) is 0 Å². The number of nitrogens with zero attached hydrogens (tertiary/aromatic N) is 3. The number of rotatable bonds is 4. The minimum Gasteiger partial charge on any atom is -0.306 e. The van der Waals surface area contributed by atoms with E-state index >= 15 is 0 Å². The van der Waals surface area contributed by atoms with Crippen molar-refractivity contribution in [2.75, 3.05) is 0 Å². The first-order valence-electron chi connectivity index (χ1n) is 9.41. The highest BCUT2D eigenvalue weighted by molar-refractivity contribution is 5.38. The minimum atomic E-state index is -0.202. The molecule has 0 bridgehead atoms. The summed E-state index contributed by atoms with van der Waals surface area (Å²) in [6.07, 6.45) is 3.81. The molecule has 1 N–H and O–H groups in total. The summed E-state index contributed by atoms with van der Waals surface area (Å²) >= 11 is 0. The number of hydrogen-bond donors (Lipinski definition) is 1. The standard InChI is InChI=1S/C22H25FN4/c1-15-21-18(25-14-16-7-9-17(23)10-8-16)12-22(2,3)13-19(21)27(26-15)20-6-4-5-11-24-20/h4-11,18,25H,12-14H2,1-3H3. The van der Waals surface area contributed by atoms with Crippen LogP contribution in [0, 0.1) is 18.2 Å². The van der Waals surface area contributed by atoms with Crippen LogP contribution in [0.1, 0.15) is 48.8 Å². The third-order valence-electron chi connectivity index (χ3n) is 5.29. The summed E-state index contributed by atoms with van der Waals surface area (Å²) in [6.45, 7) is 7.37. The molecule has 0 fully saturated rings. The van der Waals surface area contributed by atoms with Crippen molar-refractivity contribution in [1.82, 2.24) is 20.1 Å². The Labute approximate surface area is 159 Å². The van der Waals surface area contributed by atoms with Crippen LogP contribution >= 0.6 is 0 Å². The third-order valence-corrected chi connectivity index (χ3v) is 5.29. The largest absolute Gasteiger partial charge is 0.306 e. The molecule has 1 unspecified atom stereocenters. The van der Waals surface area contributed by atoms with E-state index in [1.807, 2.05) is 35.0 Å². The molecule has 1 aliphatic carbocycles. The Morgan fingerprint density at radius 2 is 1.96 bits per heavy atom. The minimum absolute atomic E-state index is 0.159. The van der Waals surface area contributed by atoms with Crippen molar-refractivity contribution in [2.24, 2.45) is 5.41 Å². The normalized spacial score (nSPS) is 18.3. The van der Waals surface area contributed by atoms with Gasteiger partial charge in [-0.05, 0) is 55.0 Å². The van der Waals surface area contributed by atoms with E-state index in [4.69, 9.17) is 5.10 Å². The van der Waals surface area contributed by atoms with Crippen molar-refractivity contribution >= 4 is 0 Å². The molecule has 0 saturated carbocycles. The molecule has 27 heavy (non-hydrogen) atoms. The Morgan fingerprint density at radius 3 is 2.67 bits per heavy atom. The fourth-order valence-corrected chi connectivity index (χ4v) is 4.08.